The topological polar surface area (TPSA) is 41.8 Å². The first-order chi connectivity index (χ1) is 7.72. The quantitative estimate of drug-likeness (QED) is 0.797. The van der Waals surface area contributed by atoms with Crippen molar-refractivity contribution < 1.29 is 0 Å². The second-order valence-electron chi connectivity index (χ2n) is 4.20. The Kier molecular flexibility index (Phi) is 3.56. The number of nitrogens with two attached hydrogens (primary N) is 1. The minimum Gasteiger partial charge on any atom is -0.361 e. The van der Waals surface area contributed by atoms with Gasteiger partial charge in [-0.05, 0) is 30.2 Å². The van der Waals surface area contributed by atoms with E-state index in [2.05, 4.69) is 48.6 Å². The van der Waals surface area contributed by atoms with Crippen LogP contribution in [0.3, 0.4) is 0 Å². The maximum Gasteiger partial charge on any atom is 0.0510 e. The number of aromatic nitrogens is 1. The van der Waals surface area contributed by atoms with Crippen LogP contribution in [0.2, 0.25) is 0 Å². The Balaban J connectivity index is 2.26. The highest BCUT2D eigenvalue weighted by atomic mass is 32.2. The number of fused-ring (bicyclic) bond motifs is 1. The summed E-state index contributed by atoms with van der Waals surface area (Å²) in [5.74, 6) is 0.499. The van der Waals surface area contributed by atoms with Crippen LogP contribution >= 0.6 is 11.8 Å². The fraction of sp³-hybridized carbons (Fsp3) is 0.385. The van der Waals surface area contributed by atoms with Crippen molar-refractivity contribution in [2.24, 2.45) is 5.73 Å². The Labute approximate surface area is 101 Å². The van der Waals surface area contributed by atoms with Crippen LogP contribution < -0.4 is 5.73 Å². The molecule has 1 aromatic heterocycles. The van der Waals surface area contributed by atoms with E-state index in [0.29, 0.717) is 5.92 Å². The lowest BCUT2D eigenvalue weighted by Crippen LogP contribution is -2.17. The van der Waals surface area contributed by atoms with Gasteiger partial charge in [-0.25, -0.2) is 0 Å². The number of benzene rings is 1. The molecule has 2 atom stereocenters. The number of para-hydroxylation sites is 1. The number of rotatable bonds is 4. The van der Waals surface area contributed by atoms with E-state index in [9.17, 15) is 0 Å². The third kappa shape index (κ3) is 2.25. The molecule has 0 bridgehead atoms. The Morgan fingerprint density at radius 2 is 2.12 bits per heavy atom. The van der Waals surface area contributed by atoms with Crippen molar-refractivity contribution in [3.05, 3.63) is 36.0 Å². The smallest absolute Gasteiger partial charge is 0.0510 e. The molecule has 0 saturated heterocycles. The molecule has 0 spiro atoms. The molecule has 0 aliphatic heterocycles. The molecular formula is C13H18N2S. The number of H-pyrrole nitrogens is 1. The first-order valence-corrected chi connectivity index (χ1v) is 6.85. The lowest BCUT2D eigenvalue weighted by Gasteiger charge is -2.14. The molecule has 2 nitrogen and oxygen atoms in total. The van der Waals surface area contributed by atoms with Gasteiger partial charge in [0.1, 0.15) is 0 Å². The lowest BCUT2D eigenvalue weighted by molar-refractivity contribution is 0.667. The summed E-state index contributed by atoms with van der Waals surface area (Å²) in [5, 5.41) is 1.55. The summed E-state index contributed by atoms with van der Waals surface area (Å²) in [6.45, 7) is 2.24. The molecule has 0 saturated carbocycles. The van der Waals surface area contributed by atoms with Gasteiger partial charge in [-0.3, -0.25) is 0 Å². The van der Waals surface area contributed by atoms with Gasteiger partial charge in [0.2, 0.25) is 0 Å². The Morgan fingerprint density at radius 1 is 1.38 bits per heavy atom. The van der Waals surface area contributed by atoms with E-state index in [4.69, 9.17) is 5.73 Å². The monoisotopic (exact) mass is 234 g/mol. The van der Waals surface area contributed by atoms with E-state index in [0.717, 1.165) is 6.42 Å². The van der Waals surface area contributed by atoms with E-state index in [1.165, 1.54) is 16.5 Å². The summed E-state index contributed by atoms with van der Waals surface area (Å²) in [6, 6.07) is 8.42. The molecule has 2 rings (SSSR count). The van der Waals surface area contributed by atoms with Gasteiger partial charge in [0, 0.05) is 17.1 Å². The van der Waals surface area contributed by atoms with Gasteiger partial charge in [-0.2, -0.15) is 0 Å². The molecule has 1 aromatic carbocycles. The summed E-state index contributed by atoms with van der Waals surface area (Å²) < 4.78 is 0. The lowest BCUT2D eigenvalue weighted by atomic mass is 9.97. The van der Waals surface area contributed by atoms with Crippen LogP contribution in [0.4, 0.5) is 0 Å². The standard InChI is InChI=1S/C13H18N2S/c1-9(7-13(14)16-2)11-8-15-12-6-4-3-5-10(11)12/h3-6,8-9,13,15H,7,14H2,1-2H3. The third-order valence-electron chi connectivity index (χ3n) is 3.04. The van der Waals surface area contributed by atoms with Crippen molar-refractivity contribution in [1.29, 1.82) is 0 Å². The minimum absolute atomic E-state index is 0.226. The van der Waals surface area contributed by atoms with Gasteiger partial charge < -0.3 is 10.7 Å². The van der Waals surface area contributed by atoms with E-state index >= 15 is 0 Å². The van der Waals surface area contributed by atoms with E-state index in [-0.39, 0.29) is 5.37 Å². The van der Waals surface area contributed by atoms with Crippen molar-refractivity contribution in [3.63, 3.8) is 0 Å². The van der Waals surface area contributed by atoms with E-state index in [1.807, 2.05) is 0 Å². The third-order valence-corrected chi connectivity index (χ3v) is 3.84. The highest BCUT2D eigenvalue weighted by molar-refractivity contribution is 7.99. The molecule has 3 heteroatoms. The first-order valence-electron chi connectivity index (χ1n) is 5.56. The van der Waals surface area contributed by atoms with Crippen LogP contribution in [0.25, 0.3) is 10.9 Å². The second kappa shape index (κ2) is 4.93. The maximum atomic E-state index is 5.98. The van der Waals surface area contributed by atoms with E-state index in [1.54, 1.807) is 11.8 Å². The van der Waals surface area contributed by atoms with Crippen LogP contribution in [0.1, 0.15) is 24.8 Å². The van der Waals surface area contributed by atoms with Gasteiger partial charge in [0.15, 0.2) is 0 Å². The fourth-order valence-electron chi connectivity index (χ4n) is 2.07. The maximum absolute atomic E-state index is 5.98. The van der Waals surface area contributed by atoms with Crippen molar-refractivity contribution in [2.75, 3.05) is 6.26 Å². The van der Waals surface area contributed by atoms with Gasteiger partial charge in [0.05, 0.1) is 5.37 Å². The average Bonchev–Trinajstić information content (AvgIpc) is 2.72. The predicted octanol–water partition coefficient (Wildman–Crippen LogP) is 3.31. The Hall–Kier alpha value is -0.930. The fourth-order valence-corrected chi connectivity index (χ4v) is 2.55. The summed E-state index contributed by atoms with van der Waals surface area (Å²) in [6.07, 6.45) is 5.19. The normalized spacial score (nSPS) is 15.2. The molecule has 1 heterocycles. The minimum atomic E-state index is 0.226. The molecule has 3 N–H and O–H groups in total. The zero-order valence-electron chi connectivity index (χ0n) is 9.73. The molecule has 0 aliphatic carbocycles. The number of hydrogen-bond donors (Lipinski definition) is 2. The molecule has 86 valence electrons. The summed E-state index contributed by atoms with van der Waals surface area (Å²) in [7, 11) is 0. The van der Waals surface area contributed by atoms with Crippen molar-refractivity contribution in [2.45, 2.75) is 24.6 Å². The molecule has 2 unspecified atom stereocenters. The molecule has 0 aliphatic rings. The molecule has 0 amide bonds. The van der Waals surface area contributed by atoms with Crippen molar-refractivity contribution >= 4 is 22.7 Å². The molecular weight excluding hydrogens is 216 g/mol. The van der Waals surface area contributed by atoms with Gasteiger partial charge in [0.25, 0.3) is 0 Å². The SMILES string of the molecule is CSC(N)CC(C)c1c[nH]c2ccccc12. The average molecular weight is 234 g/mol. The zero-order valence-corrected chi connectivity index (χ0v) is 10.6. The molecule has 16 heavy (non-hydrogen) atoms. The van der Waals surface area contributed by atoms with Gasteiger partial charge >= 0.3 is 0 Å². The zero-order chi connectivity index (χ0) is 11.5. The van der Waals surface area contributed by atoms with Crippen LogP contribution in [0.5, 0.6) is 0 Å². The number of nitrogens with one attached hydrogen (secondary N) is 1. The second-order valence-corrected chi connectivity index (χ2v) is 5.28. The number of thioether (sulfide) groups is 1. The van der Waals surface area contributed by atoms with Crippen LogP contribution in [0.15, 0.2) is 30.5 Å². The Bertz CT molecular complexity index is 464. The van der Waals surface area contributed by atoms with Crippen molar-refractivity contribution in [3.8, 4) is 0 Å². The highest BCUT2D eigenvalue weighted by Crippen LogP contribution is 2.29. The van der Waals surface area contributed by atoms with Crippen molar-refractivity contribution in [1.82, 2.24) is 4.98 Å². The number of hydrogen-bond acceptors (Lipinski definition) is 2. The summed E-state index contributed by atoms with van der Waals surface area (Å²) in [5.41, 5.74) is 8.56. The number of aromatic amines is 1. The van der Waals surface area contributed by atoms with Crippen LogP contribution in [-0.2, 0) is 0 Å². The largest absolute Gasteiger partial charge is 0.361 e. The van der Waals surface area contributed by atoms with Gasteiger partial charge in [-0.1, -0.05) is 25.1 Å². The molecule has 2 aromatic rings. The Morgan fingerprint density at radius 3 is 2.88 bits per heavy atom. The highest BCUT2D eigenvalue weighted by Gasteiger charge is 2.13. The van der Waals surface area contributed by atoms with E-state index < -0.39 is 0 Å². The van der Waals surface area contributed by atoms with Crippen LogP contribution in [-0.4, -0.2) is 16.6 Å². The first kappa shape index (κ1) is 11.6. The molecule has 0 radical (unpaired) electrons. The summed E-state index contributed by atoms with van der Waals surface area (Å²) >= 11 is 1.72. The summed E-state index contributed by atoms with van der Waals surface area (Å²) in [4.78, 5) is 3.31. The van der Waals surface area contributed by atoms with Crippen LogP contribution in [0, 0.1) is 0 Å². The predicted molar refractivity (Wildman–Crippen MR) is 72.8 cm³/mol. The molecule has 0 fully saturated rings. The van der Waals surface area contributed by atoms with Gasteiger partial charge in [-0.15, -0.1) is 11.8 Å².